The van der Waals surface area contributed by atoms with E-state index >= 15 is 0 Å². The maximum atomic E-state index is 13.2. The van der Waals surface area contributed by atoms with Crippen molar-refractivity contribution in [3.63, 3.8) is 0 Å². The van der Waals surface area contributed by atoms with Crippen LogP contribution >= 0.6 is 23.4 Å². The fourth-order valence-electron chi connectivity index (χ4n) is 3.36. The Morgan fingerprint density at radius 3 is 2.50 bits per heavy atom. The van der Waals surface area contributed by atoms with Gasteiger partial charge in [-0.15, -0.1) is 0 Å². The quantitative estimate of drug-likeness (QED) is 0.785. The van der Waals surface area contributed by atoms with E-state index < -0.39 is 11.0 Å². The summed E-state index contributed by atoms with van der Waals surface area (Å²) >= 11 is 7.46. The van der Waals surface area contributed by atoms with Crippen molar-refractivity contribution < 1.29 is 19.1 Å². The molecular formula is C19H16ClN3O4S. The Kier molecular flexibility index (Phi) is 4.68. The van der Waals surface area contributed by atoms with Gasteiger partial charge in [-0.2, -0.15) is 0 Å². The number of methoxy groups -OCH3 is 1. The number of carbonyl (C=O) groups is 3. The molecule has 1 fully saturated rings. The summed E-state index contributed by atoms with van der Waals surface area (Å²) < 4.78 is 4.54. The van der Waals surface area contributed by atoms with Crippen LogP contribution in [0.2, 0.25) is 5.02 Å². The summed E-state index contributed by atoms with van der Waals surface area (Å²) in [4.78, 5) is 38.3. The van der Waals surface area contributed by atoms with Gasteiger partial charge in [0.25, 0.3) is 5.91 Å². The smallest absolute Gasteiger partial charge is 0.411 e. The highest BCUT2D eigenvalue weighted by Gasteiger charge is 2.57. The molecule has 1 atom stereocenters. The maximum absolute atomic E-state index is 13.2. The lowest BCUT2D eigenvalue weighted by Crippen LogP contribution is -2.49. The molecular weight excluding hydrogens is 402 g/mol. The van der Waals surface area contributed by atoms with E-state index in [1.165, 1.54) is 18.9 Å². The molecule has 2 N–H and O–H groups in total. The molecule has 2 aliphatic heterocycles. The number of nitrogens with one attached hydrogen (secondary N) is 2. The average molecular weight is 418 g/mol. The zero-order valence-electron chi connectivity index (χ0n) is 14.8. The number of amides is 3. The number of nitrogens with zero attached hydrogens (tertiary/aromatic N) is 1. The van der Waals surface area contributed by atoms with Gasteiger partial charge in [0.2, 0.25) is 5.91 Å². The van der Waals surface area contributed by atoms with Crippen LogP contribution in [0.15, 0.2) is 47.4 Å². The van der Waals surface area contributed by atoms with E-state index in [1.54, 1.807) is 41.3 Å². The lowest BCUT2D eigenvalue weighted by atomic mass is 10.1. The Morgan fingerprint density at radius 2 is 1.82 bits per heavy atom. The first-order valence-corrected chi connectivity index (χ1v) is 9.70. The second-order valence-corrected chi connectivity index (χ2v) is 8.13. The van der Waals surface area contributed by atoms with Crippen LogP contribution in [0, 0.1) is 0 Å². The van der Waals surface area contributed by atoms with Crippen molar-refractivity contribution in [3.8, 4) is 0 Å². The van der Waals surface area contributed by atoms with E-state index in [9.17, 15) is 14.4 Å². The number of anilines is 3. The highest BCUT2D eigenvalue weighted by molar-refractivity contribution is 8.02. The molecule has 2 heterocycles. The van der Waals surface area contributed by atoms with Crippen molar-refractivity contribution in [2.24, 2.45) is 0 Å². The second-order valence-electron chi connectivity index (χ2n) is 6.38. The number of benzene rings is 2. The summed E-state index contributed by atoms with van der Waals surface area (Å²) in [5, 5.41) is 5.94. The lowest BCUT2D eigenvalue weighted by molar-refractivity contribution is -0.121. The summed E-state index contributed by atoms with van der Waals surface area (Å²) in [5.41, 5.74) is 1.77. The van der Waals surface area contributed by atoms with Crippen molar-refractivity contribution in [1.29, 1.82) is 0 Å². The van der Waals surface area contributed by atoms with E-state index in [0.29, 0.717) is 34.9 Å². The topological polar surface area (TPSA) is 87.7 Å². The molecule has 0 aromatic heterocycles. The monoisotopic (exact) mass is 417 g/mol. The Hall–Kier alpha value is -2.71. The van der Waals surface area contributed by atoms with E-state index in [2.05, 4.69) is 15.4 Å². The number of fused-ring (bicyclic) bond motifs is 3. The molecule has 2 aliphatic rings. The molecule has 9 heteroatoms. The van der Waals surface area contributed by atoms with E-state index in [-0.39, 0.29) is 11.8 Å². The normalized spacial score (nSPS) is 19.8. The van der Waals surface area contributed by atoms with Gasteiger partial charge in [-0.1, -0.05) is 23.4 Å². The fraction of sp³-hybridized carbons (Fsp3) is 0.211. The molecule has 4 rings (SSSR count). The summed E-state index contributed by atoms with van der Waals surface area (Å²) in [6.45, 7) is 0. The Bertz CT molecular complexity index is 982. The molecule has 0 unspecified atom stereocenters. The van der Waals surface area contributed by atoms with E-state index in [0.717, 1.165) is 4.90 Å². The largest absolute Gasteiger partial charge is 0.453 e. The fourth-order valence-corrected chi connectivity index (χ4v) is 4.92. The van der Waals surface area contributed by atoms with Crippen molar-refractivity contribution >= 4 is 58.3 Å². The molecule has 144 valence electrons. The summed E-state index contributed by atoms with van der Waals surface area (Å²) in [6, 6.07) is 11.9. The van der Waals surface area contributed by atoms with Crippen LogP contribution in [0.25, 0.3) is 0 Å². The third kappa shape index (κ3) is 3.08. The van der Waals surface area contributed by atoms with Gasteiger partial charge in [0.1, 0.15) is 0 Å². The number of rotatable bonds is 3. The lowest BCUT2D eigenvalue weighted by Gasteiger charge is -2.29. The van der Waals surface area contributed by atoms with Crippen LogP contribution in [0.3, 0.4) is 0 Å². The standard InChI is InChI=1S/C19H16ClN3O4S/c1-27-18(26)22-13-5-3-12(4-6-13)21-17(25)19-9-8-16(24)23(19)14-10-11(20)2-7-15(14)28-19/h2-7,10H,8-9H2,1H3,(H,21,25)(H,22,26)/t19-/m0/s1. The SMILES string of the molecule is COC(=O)Nc1ccc(NC(=O)[C@@]23CCC(=O)N2c2cc(Cl)ccc2S3)cc1. The van der Waals surface area contributed by atoms with Crippen molar-refractivity contribution in [1.82, 2.24) is 0 Å². The molecule has 2 aromatic rings. The number of hydrogen-bond donors (Lipinski definition) is 2. The molecule has 28 heavy (non-hydrogen) atoms. The minimum absolute atomic E-state index is 0.0960. The Labute approximate surface area is 170 Å². The second kappa shape index (κ2) is 7.03. The van der Waals surface area contributed by atoms with Gasteiger partial charge in [0.05, 0.1) is 12.8 Å². The number of hydrogen-bond acceptors (Lipinski definition) is 5. The molecule has 0 bridgehead atoms. The molecule has 0 radical (unpaired) electrons. The zero-order chi connectivity index (χ0) is 19.9. The van der Waals surface area contributed by atoms with Crippen molar-refractivity contribution in [3.05, 3.63) is 47.5 Å². The highest BCUT2D eigenvalue weighted by atomic mass is 35.5. The number of ether oxygens (including phenoxy) is 1. The summed E-state index contributed by atoms with van der Waals surface area (Å²) in [6.07, 6.45) is 0.139. The molecule has 0 spiro atoms. The first kappa shape index (κ1) is 18.6. The van der Waals surface area contributed by atoms with Gasteiger partial charge in [-0.25, -0.2) is 4.79 Å². The van der Waals surface area contributed by atoms with Crippen LogP contribution in [-0.2, 0) is 14.3 Å². The maximum Gasteiger partial charge on any atom is 0.411 e. The summed E-state index contributed by atoms with van der Waals surface area (Å²) in [5.74, 6) is -0.370. The van der Waals surface area contributed by atoms with Crippen LogP contribution in [-0.4, -0.2) is 29.9 Å². The first-order valence-electron chi connectivity index (χ1n) is 8.51. The van der Waals surface area contributed by atoms with Gasteiger partial charge >= 0.3 is 6.09 Å². The minimum Gasteiger partial charge on any atom is -0.453 e. The highest BCUT2D eigenvalue weighted by Crippen LogP contribution is 2.56. The minimum atomic E-state index is -1.02. The van der Waals surface area contributed by atoms with Crippen LogP contribution in [0.1, 0.15) is 12.8 Å². The average Bonchev–Trinajstić information content (AvgIpc) is 3.19. The van der Waals surface area contributed by atoms with Gasteiger partial charge < -0.3 is 10.1 Å². The van der Waals surface area contributed by atoms with Crippen LogP contribution < -0.4 is 15.5 Å². The van der Waals surface area contributed by atoms with Crippen LogP contribution in [0.4, 0.5) is 21.9 Å². The first-order chi connectivity index (χ1) is 13.4. The van der Waals surface area contributed by atoms with Crippen LogP contribution in [0.5, 0.6) is 0 Å². The number of halogens is 1. The summed E-state index contributed by atoms with van der Waals surface area (Å²) in [7, 11) is 1.28. The number of thioether (sulfide) groups is 1. The van der Waals surface area contributed by atoms with Crippen molar-refractivity contribution in [2.75, 3.05) is 22.6 Å². The van der Waals surface area contributed by atoms with E-state index in [4.69, 9.17) is 11.6 Å². The van der Waals surface area contributed by atoms with Gasteiger partial charge in [0.15, 0.2) is 4.87 Å². The molecule has 1 saturated heterocycles. The van der Waals surface area contributed by atoms with Gasteiger partial charge in [-0.3, -0.25) is 19.8 Å². The Balaban J connectivity index is 1.56. The zero-order valence-corrected chi connectivity index (χ0v) is 16.4. The predicted octanol–water partition coefficient (Wildman–Crippen LogP) is 4.09. The molecule has 2 aromatic carbocycles. The molecule has 0 aliphatic carbocycles. The predicted molar refractivity (Wildman–Crippen MR) is 108 cm³/mol. The third-order valence-corrected chi connectivity index (χ3v) is 6.37. The molecule has 7 nitrogen and oxygen atoms in total. The number of carbonyl (C=O) groups excluding carboxylic acids is 3. The van der Waals surface area contributed by atoms with Gasteiger partial charge in [0, 0.05) is 27.7 Å². The third-order valence-electron chi connectivity index (χ3n) is 4.66. The van der Waals surface area contributed by atoms with E-state index in [1.807, 2.05) is 6.07 Å². The molecule has 0 saturated carbocycles. The van der Waals surface area contributed by atoms with Gasteiger partial charge in [-0.05, 0) is 48.9 Å². The molecule has 3 amide bonds. The Morgan fingerprint density at radius 1 is 1.14 bits per heavy atom. The van der Waals surface area contributed by atoms with Crippen molar-refractivity contribution in [2.45, 2.75) is 22.6 Å².